The molecule has 1 aliphatic rings. The molecule has 21 heavy (non-hydrogen) atoms. The number of nitrogens with one attached hydrogen (secondary N) is 1. The Morgan fingerprint density at radius 1 is 1.19 bits per heavy atom. The average Bonchev–Trinajstić information content (AvgIpc) is 2.51. The number of ether oxygens (including phenoxy) is 1. The Morgan fingerprint density at radius 2 is 1.90 bits per heavy atom. The number of unbranched alkanes of at least 4 members (excludes halogenated alkanes) is 1. The van der Waals surface area contributed by atoms with Gasteiger partial charge in [0.05, 0.1) is 6.61 Å². The molecule has 0 saturated carbocycles. The number of piperidine rings is 1. The van der Waals surface area contributed by atoms with Crippen molar-refractivity contribution in [2.75, 3.05) is 25.0 Å². The Kier molecular flexibility index (Phi) is 6.54. The quantitative estimate of drug-likeness (QED) is 0.804. The Balaban J connectivity index is 1.77. The van der Waals surface area contributed by atoms with E-state index in [1.807, 2.05) is 12.1 Å². The van der Waals surface area contributed by atoms with Crippen LogP contribution in [-0.4, -0.2) is 30.7 Å². The van der Waals surface area contributed by atoms with Gasteiger partial charge in [-0.3, -0.25) is 10.2 Å². The first kappa shape index (κ1) is 15.8. The van der Waals surface area contributed by atoms with Crippen molar-refractivity contribution in [2.24, 2.45) is 0 Å². The fourth-order valence-corrected chi connectivity index (χ4v) is 2.53. The van der Waals surface area contributed by atoms with Crippen LogP contribution in [0.1, 0.15) is 44.6 Å². The number of likely N-dealkylation sites (tertiary alicyclic amines) is 1. The van der Waals surface area contributed by atoms with Gasteiger partial charge >= 0.3 is 6.09 Å². The first-order valence-corrected chi connectivity index (χ1v) is 8.03. The lowest BCUT2D eigenvalue weighted by Gasteiger charge is -2.26. The van der Waals surface area contributed by atoms with Crippen molar-refractivity contribution in [3.05, 3.63) is 29.8 Å². The summed E-state index contributed by atoms with van der Waals surface area (Å²) >= 11 is 0. The van der Waals surface area contributed by atoms with E-state index in [0.29, 0.717) is 6.61 Å². The summed E-state index contributed by atoms with van der Waals surface area (Å²) in [5, 5.41) is 2.76. The monoisotopic (exact) mass is 290 g/mol. The number of hydrogen-bond donors (Lipinski definition) is 1. The molecule has 1 N–H and O–H groups in total. The highest BCUT2D eigenvalue weighted by Crippen LogP contribution is 2.15. The van der Waals surface area contributed by atoms with Gasteiger partial charge in [0, 0.05) is 12.2 Å². The van der Waals surface area contributed by atoms with E-state index in [-0.39, 0.29) is 6.09 Å². The third kappa shape index (κ3) is 5.76. The highest BCUT2D eigenvalue weighted by atomic mass is 16.5. The molecular weight excluding hydrogens is 264 g/mol. The van der Waals surface area contributed by atoms with Crippen molar-refractivity contribution >= 4 is 11.8 Å². The van der Waals surface area contributed by atoms with Crippen LogP contribution in [-0.2, 0) is 11.3 Å². The van der Waals surface area contributed by atoms with Crippen molar-refractivity contribution in [2.45, 2.75) is 45.6 Å². The van der Waals surface area contributed by atoms with Crippen LogP contribution in [0.3, 0.4) is 0 Å². The van der Waals surface area contributed by atoms with Crippen LogP contribution >= 0.6 is 0 Å². The Hall–Kier alpha value is -1.55. The van der Waals surface area contributed by atoms with E-state index < -0.39 is 0 Å². The van der Waals surface area contributed by atoms with Crippen LogP contribution in [0.25, 0.3) is 0 Å². The molecule has 1 saturated heterocycles. The lowest BCUT2D eigenvalue weighted by atomic mass is 10.1. The molecule has 0 unspecified atom stereocenters. The first-order valence-electron chi connectivity index (χ1n) is 8.03. The zero-order chi connectivity index (χ0) is 14.9. The van der Waals surface area contributed by atoms with Crippen molar-refractivity contribution < 1.29 is 9.53 Å². The van der Waals surface area contributed by atoms with Gasteiger partial charge in [-0.15, -0.1) is 0 Å². The van der Waals surface area contributed by atoms with Crippen molar-refractivity contribution in [1.82, 2.24) is 4.90 Å². The van der Waals surface area contributed by atoms with Gasteiger partial charge in [0.25, 0.3) is 0 Å². The molecule has 2 rings (SSSR count). The largest absolute Gasteiger partial charge is 0.449 e. The highest BCUT2D eigenvalue weighted by molar-refractivity contribution is 5.84. The zero-order valence-corrected chi connectivity index (χ0v) is 12.9. The molecule has 1 aromatic rings. The van der Waals surface area contributed by atoms with Gasteiger partial charge in [-0.05, 0) is 50.0 Å². The molecular formula is C17H26N2O2. The minimum Gasteiger partial charge on any atom is -0.449 e. The maximum absolute atomic E-state index is 11.5. The summed E-state index contributed by atoms with van der Waals surface area (Å²) in [7, 11) is 0. The topological polar surface area (TPSA) is 41.6 Å². The van der Waals surface area contributed by atoms with Crippen LogP contribution < -0.4 is 5.32 Å². The maximum Gasteiger partial charge on any atom is 0.411 e. The predicted molar refractivity (Wildman–Crippen MR) is 85.4 cm³/mol. The number of benzene rings is 1. The third-order valence-corrected chi connectivity index (χ3v) is 3.79. The maximum atomic E-state index is 11.5. The van der Waals surface area contributed by atoms with Gasteiger partial charge < -0.3 is 4.74 Å². The summed E-state index contributed by atoms with van der Waals surface area (Å²) in [5.41, 5.74) is 2.08. The van der Waals surface area contributed by atoms with Gasteiger partial charge in [-0.1, -0.05) is 31.9 Å². The third-order valence-electron chi connectivity index (χ3n) is 3.79. The van der Waals surface area contributed by atoms with E-state index in [2.05, 4.69) is 29.3 Å². The Labute approximate surface area is 127 Å². The SMILES string of the molecule is CCCCOC(=O)Nc1ccc(CN2CCCCC2)cc1. The van der Waals surface area contributed by atoms with E-state index in [4.69, 9.17) is 4.74 Å². The number of carbonyl (C=O) groups excluding carboxylic acids is 1. The molecule has 0 aliphatic carbocycles. The van der Waals surface area contributed by atoms with Crippen LogP contribution in [0.15, 0.2) is 24.3 Å². The number of rotatable bonds is 6. The Bertz CT molecular complexity index is 425. The summed E-state index contributed by atoms with van der Waals surface area (Å²) in [6, 6.07) is 8.05. The molecule has 1 amide bonds. The second kappa shape index (κ2) is 8.67. The normalized spacial score (nSPS) is 15.7. The molecule has 1 fully saturated rings. The summed E-state index contributed by atoms with van der Waals surface area (Å²) in [4.78, 5) is 14.0. The minimum absolute atomic E-state index is 0.368. The van der Waals surface area contributed by atoms with Gasteiger partial charge in [0.15, 0.2) is 0 Å². The number of nitrogens with zero attached hydrogens (tertiary/aromatic N) is 1. The highest BCUT2D eigenvalue weighted by Gasteiger charge is 2.10. The van der Waals surface area contributed by atoms with E-state index in [1.165, 1.54) is 37.9 Å². The van der Waals surface area contributed by atoms with Gasteiger partial charge in [0.2, 0.25) is 0 Å². The second-order valence-electron chi connectivity index (χ2n) is 5.65. The van der Waals surface area contributed by atoms with Gasteiger partial charge in [-0.25, -0.2) is 4.79 Å². The molecule has 0 atom stereocenters. The van der Waals surface area contributed by atoms with Gasteiger partial charge in [0.1, 0.15) is 0 Å². The zero-order valence-electron chi connectivity index (χ0n) is 12.9. The number of anilines is 1. The van der Waals surface area contributed by atoms with E-state index in [1.54, 1.807) is 0 Å². The molecule has 1 aromatic carbocycles. The average molecular weight is 290 g/mol. The molecule has 0 radical (unpaired) electrons. The smallest absolute Gasteiger partial charge is 0.411 e. The molecule has 116 valence electrons. The fraction of sp³-hybridized carbons (Fsp3) is 0.588. The molecule has 1 aliphatic heterocycles. The number of amides is 1. The number of carbonyl (C=O) groups is 1. The molecule has 1 heterocycles. The fourth-order valence-electron chi connectivity index (χ4n) is 2.53. The standard InChI is InChI=1S/C17H26N2O2/c1-2-3-13-21-17(20)18-16-9-7-15(8-10-16)14-19-11-5-4-6-12-19/h7-10H,2-6,11-14H2,1H3,(H,18,20). The lowest BCUT2D eigenvalue weighted by Crippen LogP contribution is -2.29. The van der Waals surface area contributed by atoms with Crippen molar-refractivity contribution in [3.63, 3.8) is 0 Å². The summed E-state index contributed by atoms with van der Waals surface area (Å²) in [6.07, 6.45) is 5.54. The molecule has 4 nitrogen and oxygen atoms in total. The lowest BCUT2D eigenvalue weighted by molar-refractivity contribution is 0.160. The van der Waals surface area contributed by atoms with Crippen LogP contribution in [0.5, 0.6) is 0 Å². The molecule has 0 bridgehead atoms. The van der Waals surface area contributed by atoms with E-state index in [9.17, 15) is 4.79 Å². The minimum atomic E-state index is -0.368. The first-order chi connectivity index (χ1) is 10.3. The van der Waals surface area contributed by atoms with E-state index in [0.717, 1.165) is 25.1 Å². The summed E-state index contributed by atoms with van der Waals surface area (Å²) < 4.78 is 5.08. The second-order valence-corrected chi connectivity index (χ2v) is 5.65. The molecule has 0 aromatic heterocycles. The van der Waals surface area contributed by atoms with Crippen LogP contribution in [0, 0.1) is 0 Å². The van der Waals surface area contributed by atoms with Crippen LogP contribution in [0.4, 0.5) is 10.5 Å². The summed E-state index contributed by atoms with van der Waals surface area (Å²) in [5.74, 6) is 0. The Morgan fingerprint density at radius 3 is 2.57 bits per heavy atom. The molecule has 0 spiro atoms. The summed E-state index contributed by atoms with van der Waals surface area (Å²) in [6.45, 7) is 5.95. The van der Waals surface area contributed by atoms with E-state index >= 15 is 0 Å². The predicted octanol–water partition coefficient (Wildman–Crippen LogP) is 4.02. The van der Waals surface area contributed by atoms with Crippen LogP contribution in [0.2, 0.25) is 0 Å². The van der Waals surface area contributed by atoms with Crippen molar-refractivity contribution in [3.8, 4) is 0 Å². The van der Waals surface area contributed by atoms with Crippen molar-refractivity contribution in [1.29, 1.82) is 0 Å². The molecule has 4 heteroatoms. The number of hydrogen-bond acceptors (Lipinski definition) is 3. The van der Waals surface area contributed by atoms with Gasteiger partial charge in [-0.2, -0.15) is 0 Å².